The van der Waals surface area contributed by atoms with Crippen molar-refractivity contribution in [2.45, 2.75) is 13.5 Å². The fourth-order valence-corrected chi connectivity index (χ4v) is 1.24. The molecular weight excluding hydrogens is 206 g/mol. The highest BCUT2D eigenvalue weighted by Gasteiger charge is 2.07. The maximum Gasteiger partial charge on any atom is 0.354 e. The molecule has 0 aliphatic carbocycles. The molecule has 1 aromatic heterocycles. The molecule has 0 saturated carbocycles. The zero-order chi connectivity index (χ0) is 12.0. The highest BCUT2D eigenvalue weighted by molar-refractivity contribution is 5.87. The number of ether oxygens (including phenoxy) is 1. The summed E-state index contributed by atoms with van der Waals surface area (Å²) in [6, 6.07) is 5.63. The van der Waals surface area contributed by atoms with Gasteiger partial charge in [0.15, 0.2) is 0 Å². The summed E-state index contributed by atoms with van der Waals surface area (Å²) in [6.45, 7) is 3.08. The van der Waals surface area contributed by atoms with E-state index >= 15 is 0 Å². The summed E-state index contributed by atoms with van der Waals surface area (Å²) in [5.74, 6) is -0.397. The summed E-state index contributed by atoms with van der Waals surface area (Å²) < 4.78 is 4.58. The minimum absolute atomic E-state index is 0.0185. The number of rotatable bonds is 5. The Labute approximate surface area is 94.4 Å². The van der Waals surface area contributed by atoms with Crippen LogP contribution in [0.25, 0.3) is 0 Å². The van der Waals surface area contributed by atoms with E-state index in [2.05, 4.69) is 21.1 Å². The van der Waals surface area contributed by atoms with Crippen molar-refractivity contribution in [3.05, 3.63) is 23.5 Å². The second-order valence-electron chi connectivity index (χ2n) is 3.55. The largest absolute Gasteiger partial charge is 0.464 e. The topological polar surface area (TPSA) is 77.9 Å². The molecule has 1 heterocycles. The molecule has 5 heteroatoms. The Hall–Kier alpha value is -1.80. The van der Waals surface area contributed by atoms with E-state index in [9.17, 15) is 4.79 Å². The van der Waals surface area contributed by atoms with Gasteiger partial charge in [-0.15, -0.1) is 0 Å². The number of nitrogens with one attached hydrogen (secondary N) is 2. The number of aromatic amines is 1. The van der Waals surface area contributed by atoms with Gasteiger partial charge >= 0.3 is 5.97 Å². The molecule has 0 radical (unpaired) electrons. The molecule has 1 aromatic rings. The lowest BCUT2D eigenvalue weighted by atomic mass is 10.2. The smallest absolute Gasteiger partial charge is 0.354 e. The Morgan fingerprint density at radius 1 is 1.69 bits per heavy atom. The molecule has 0 aliphatic rings. The van der Waals surface area contributed by atoms with Gasteiger partial charge in [0.2, 0.25) is 0 Å². The molecular formula is C11H15N3O2. The number of nitriles is 1. The lowest BCUT2D eigenvalue weighted by Gasteiger charge is -2.03. The van der Waals surface area contributed by atoms with Crippen LogP contribution in [0.5, 0.6) is 0 Å². The summed E-state index contributed by atoms with van der Waals surface area (Å²) in [4.78, 5) is 14.1. The van der Waals surface area contributed by atoms with E-state index in [-0.39, 0.29) is 11.9 Å². The first-order valence-corrected chi connectivity index (χ1v) is 5.04. The Morgan fingerprint density at radius 3 is 3.06 bits per heavy atom. The normalized spacial score (nSPS) is 11.8. The zero-order valence-electron chi connectivity index (χ0n) is 9.41. The van der Waals surface area contributed by atoms with E-state index in [0.717, 1.165) is 5.69 Å². The average molecular weight is 221 g/mol. The summed E-state index contributed by atoms with van der Waals surface area (Å²) in [6.07, 6.45) is 0. The van der Waals surface area contributed by atoms with Gasteiger partial charge in [-0.25, -0.2) is 4.79 Å². The first-order valence-electron chi connectivity index (χ1n) is 5.04. The first kappa shape index (κ1) is 12.3. The fourth-order valence-electron chi connectivity index (χ4n) is 1.24. The van der Waals surface area contributed by atoms with E-state index in [1.165, 1.54) is 7.11 Å². The summed E-state index contributed by atoms with van der Waals surface area (Å²) >= 11 is 0. The van der Waals surface area contributed by atoms with Crippen molar-refractivity contribution in [3.63, 3.8) is 0 Å². The van der Waals surface area contributed by atoms with Crippen LogP contribution in [0.15, 0.2) is 12.1 Å². The number of aromatic nitrogens is 1. The Kier molecular flexibility index (Phi) is 4.55. The molecule has 1 atom stereocenters. The third-order valence-corrected chi connectivity index (χ3v) is 2.14. The second kappa shape index (κ2) is 5.93. The Morgan fingerprint density at radius 2 is 2.44 bits per heavy atom. The van der Waals surface area contributed by atoms with Crippen LogP contribution in [0.4, 0.5) is 0 Å². The number of nitrogens with zero attached hydrogens (tertiary/aromatic N) is 1. The highest BCUT2D eigenvalue weighted by atomic mass is 16.5. The molecule has 0 saturated heterocycles. The molecule has 0 bridgehead atoms. The highest BCUT2D eigenvalue weighted by Crippen LogP contribution is 2.03. The van der Waals surface area contributed by atoms with E-state index in [4.69, 9.17) is 5.26 Å². The van der Waals surface area contributed by atoms with Crippen LogP contribution in [0.1, 0.15) is 23.1 Å². The third kappa shape index (κ3) is 3.41. The number of hydrogen-bond donors (Lipinski definition) is 2. The molecule has 2 N–H and O–H groups in total. The fraction of sp³-hybridized carbons (Fsp3) is 0.455. The molecule has 0 spiro atoms. The van der Waals surface area contributed by atoms with Crippen LogP contribution < -0.4 is 5.32 Å². The zero-order valence-corrected chi connectivity index (χ0v) is 9.41. The van der Waals surface area contributed by atoms with Crippen LogP contribution >= 0.6 is 0 Å². The molecule has 1 unspecified atom stereocenters. The predicted octanol–water partition coefficient (Wildman–Crippen LogP) is 1.05. The Balaban J connectivity index is 2.41. The van der Waals surface area contributed by atoms with E-state index in [0.29, 0.717) is 18.8 Å². The monoisotopic (exact) mass is 221 g/mol. The molecule has 16 heavy (non-hydrogen) atoms. The Bertz CT molecular complexity index is 392. The van der Waals surface area contributed by atoms with Gasteiger partial charge in [0.05, 0.1) is 19.1 Å². The predicted molar refractivity (Wildman–Crippen MR) is 58.6 cm³/mol. The van der Waals surface area contributed by atoms with Crippen LogP contribution in [-0.2, 0) is 11.3 Å². The number of esters is 1. The summed E-state index contributed by atoms with van der Waals surface area (Å²) in [5, 5.41) is 11.7. The van der Waals surface area contributed by atoms with Crippen molar-refractivity contribution in [1.82, 2.24) is 10.3 Å². The number of carbonyl (C=O) groups is 1. The molecule has 0 amide bonds. The number of carbonyl (C=O) groups excluding carboxylic acids is 1. The van der Waals surface area contributed by atoms with Gasteiger partial charge in [-0.05, 0) is 19.1 Å². The van der Waals surface area contributed by atoms with Gasteiger partial charge in [0, 0.05) is 18.8 Å². The van der Waals surface area contributed by atoms with Crippen LogP contribution in [0.2, 0.25) is 0 Å². The van der Waals surface area contributed by atoms with E-state index in [1.807, 2.05) is 13.0 Å². The van der Waals surface area contributed by atoms with Gasteiger partial charge in [0.1, 0.15) is 5.69 Å². The van der Waals surface area contributed by atoms with Gasteiger partial charge in [0.25, 0.3) is 0 Å². The van der Waals surface area contributed by atoms with Gasteiger partial charge in [-0.2, -0.15) is 5.26 Å². The van der Waals surface area contributed by atoms with Crippen molar-refractivity contribution in [2.24, 2.45) is 5.92 Å². The number of H-pyrrole nitrogens is 1. The second-order valence-corrected chi connectivity index (χ2v) is 3.55. The molecule has 0 fully saturated rings. The SMILES string of the molecule is COC(=O)c1ccc(CNCC(C)C#N)[nH]1. The molecule has 0 aromatic carbocycles. The molecule has 1 rings (SSSR count). The minimum atomic E-state index is -0.378. The third-order valence-electron chi connectivity index (χ3n) is 2.14. The van der Waals surface area contributed by atoms with Crippen LogP contribution in [0.3, 0.4) is 0 Å². The number of hydrogen-bond acceptors (Lipinski definition) is 4. The lowest BCUT2D eigenvalue weighted by molar-refractivity contribution is 0.0594. The average Bonchev–Trinajstić information content (AvgIpc) is 2.76. The van der Waals surface area contributed by atoms with E-state index in [1.54, 1.807) is 6.07 Å². The lowest BCUT2D eigenvalue weighted by Crippen LogP contribution is -2.20. The summed E-state index contributed by atoms with van der Waals surface area (Å²) in [5.41, 5.74) is 1.33. The minimum Gasteiger partial charge on any atom is -0.464 e. The van der Waals surface area contributed by atoms with Crippen molar-refractivity contribution >= 4 is 5.97 Å². The number of methoxy groups -OCH3 is 1. The molecule has 0 aliphatic heterocycles. The maximum absolute atomic E-state index is 11.1. The first-order chi connectivity index (χ1) is 7.67. The van der Waals surface area contributed by atoms with E-state index < -0.39 is 0 Å². The van der Waals surface area contributed by atoms with Crippen LogP contribution in [0, 0.1) is 17.2 Å². The van der Waals surface area contributed by atoms with Crippen LogP contribution in [-0.4, -0.2) is 24.6 Å². The van der Waals surface area contributed by atoms with Gasteiger partial charge < -0.3 is 15.0 Å². The quantitative estimate of drug-likeness (QED) is 0.728. The van der Waals surface area contributed by atoms with Crippen molar-refractivity contribution in [1.29, 1.82) is 5.26 Å². The van der Waals surface area contributed by atoms with Crippen molar-refractivity contribution < 1.29 is 9.53 Å². The summed E-state index contributed by atoms with van der Waals surface area (Å²) in [7, 11) is 1.34. The van der Waals surface area contributed by atoms with Gasteiger partial charge in [-0.3, -0.25) is 0 Å². The van der Waals surface area contributed by atoms with Gasteiger partial charge in [-0.1, -0.05) is 0 Å². The molecule has 5 nitrogen and oxygen atoms in total. The standard InChI is InChI=1S/C11H15N3O2/c1-8(5-12)6-13-7-9-3-4-10(14-9)11(15)16-2/h3-4,8,13-14H,6-7H2,1-2H3. The van der Waals surface area contributed by atoms with Crippen molar-refractivity contribution in [2.75, 3.05) is 13.7 Å². The maximum atomic E-state index is 11.1. The van der Waals surface area contributed by atoms with Crippen molar-refractivity contribution in [3.8, 4) is 6.07 Å². The molecule has 86 valence electrons.